The minimum absolute atomic E-state index is 0.00579. The second-order valence-corrected chi connectivity index (χ2v) is 9.31. The number of benzene rings is 1. The van der Waals surface area contributed by atoms with Crippen LogP contribution >= 0.6 is 11.6 Å². The zero-order valence-electron chi connectivity index (χ0n) is 16.9. The summed E-state index contributed by atoms with van der Waals surface area (Å²) < 4.78 is 0. The van der Waals surface area contributed by atoms with Crippen LogP contribution in [0.3, 0.4) is 0 Å². The van der Waals surface area contributed by atoms with Crippen molar-refractivity contribution in [2.24, 2.45) is 11.8 Å². The van der Waals surface area contributed by atoms with Gasteiger partial charge in [0.15, 0.2) is 0 Å². The lowest BCUT2D eigenvalue weighted by molar-refractivity contribution is -0.151. The van der Waals surface area contributed by atoms with Gasteiger partial charge in [-0.15, -0.1) is 0 Å². The number of amides is 2. The normalized spacial score (nSPS) is 28.2. The summed E-state index contributed by atoms with van der Waals surface area (Å²) in [5.41, 5.74) is 1.79. The van der Waals surface area contributed by atoms with Crippen LogP contribution in [0, 0.1) is 11.8 Å². The predicted octanol–water partition coefficient (Wildman–Crippen LogP) is 3.82. The van der Waals surface area contributed by atoms with E-state index in [0.717, 1.165) is 25.7 Å². The summed E-state index contributed by atoms with van der Waals surface area (Å²) in [6.45, 7) is 1.38. The Labute approximate surface area is 182 Å². The molecule has 6 heteroatoms. The topological polar surface area (TPSA) is 53.5 Å². The van der Waals surface area contributed by atoms with E-state index in [0.29, 0.717) is 47.8 Å². The first kappa shape index (κ1) is 19.6. The van der Waals surface area contributed by atoms with Crippen LogP contribution in [0.15, 0.2) is 48.8 Å². The molecule has 1 aromatic carbocycles. The lowest BCUT2D eigenvalue weighted by Crippen LogP contribution is -2.66. The standard InChI is InChI=1S/C24H26ClN3O2/c25-20-11-17(12-26-13-20)24(30)27-14-18-10-19(15-27)22(9-16-5-2-1-3-6-16)28-21(18)7-4-8-23(28)29/h1-3,5-6,11-13,18-19,21-22H,4,7-10,14-15H2/t18-,19+,21+,22+/m1/s1. The van der Waals surface area contributed by atoms with Crippen LogP contribution in [0.5, 0.6) is 0 Å². The lowest BCUT2D eigenvalue weighted by atomic mass is 9.70. The highest BCUT2D eigenvalue weighted by atomic mass is 35.5. The molecule has 2 aromatic rings. The Morgan fingerprint density at radius 1 is 1.13 bits per heavy atom. The van der Waals surface area contributed by atoms with Crippen molar-refractivity contribution >= 4 is 23.4 Å². The van der Waals surface area contributed by atoms with Crippen LogP contribution in [-0.4, -0.2) is 51.8 Å². The van der Waals surface area contributed by atoms with Gasteiger partial charge in [0, 0.05) is 44.0 Å². The molecule has 2 bridgehead atoms. The average Bonchev–Trinajstić information content (AvgIpc) is 2.77. The molecule has 3 fully saturated rings. The van der Waals surface area contributed by atoms with Gasteiger partial charge < -0.3 is 9.80 Å². The molecule has 4 atom stereocenters. The van der Waals surface area contributed by atoms with Crippen molar-refractivity contribution in [1.29, 1.82) is 0 Å². The average molecular weight is 424 g/mol. The number of nitrogens with zero attached hydrogens (tertiary/aromatic N) is 3. The fraction of sp³-hybridized carbons (Fsp3) is 0.458. The van der Waals surface area contributed by atoms with E-state index in [-0.39, 0.29) is 18.0 Å². The lowest BCUT2D eigenvalue weighted by Gasteiger charge is -2.56. The Kier molecular flexibility index (Phi) is 5.23. The molecular weight excluding hydrogens is 398 g/mol. The fourth-order valence-corrected chi connectivity index (χ4v) is 5.94. The molecule has 0 aliphatic carbocycles. The van der Waals surface area contributed by atoms with Gasteiger partial charge >= 0.3 is 0 Å². The third-order valence-electron chi connectivity index (χ3n) is 7.02. The van der Waals surface area contributed by atoms with E-state index in [2.05, 4.69) is 34.1 Å². The highest BCUT2D eigenvalue weighted by molar-refractivity contribution is 6.30. The summed E-state index contributed by atoms with van der Waals surface area (Å²) in [6.07, 6.45) is 7.71. The van der Waals surface area contributed by atoms with Crippen LogP contribution in [0.4, 0.5) is 0 Å². The number of likely N-dealkylation sites (tertiary alicyclic amines) is 1. The summed E-state index contributed by atoms with van der Waals surface area (Å²) >= 11 is 6.07. The Hall–Kier alpha value is -2.40. The first-order valence-electron chi connectivity index (χ1n) is 10.8. The summed E-state index contributed by atoms with van der Waals surface area (Å²) in [4.78, 5) is 34.4. The van der Waals surface area contributed by atoms with E-state index in [4.69, 9.17) is 11.6 Å². The highest BCUT2D eigenvalue weighted by Gasteiger charge is 2.49. The number of pyridine rings is 1. The smallest absolute Gasteiger partial charge is 0.255 e. The second-order valence-electron chi connectivity index (χ2n) is 8.88. The van der Waals surface area contributed by atoms with Crippen molar-refractivity contribution in [2.75, 3.05) is 13.1 Å². The Morgan fingerprint density at radius 2 is 1.93 bits per heavy atom. The Morgan fingerprint density at radius 3 is 2.73 bits per heavy atom. The van der Waals surface area contributed by atoms with Gasteiger partial charge in [-0.3, -0.25) is 14.6 Å². The van der Waals surface area contributed by atoms with E-state index in [1.54, 1.807) is 18.5 Å². The second kappa shape index (κ2) is 8.03. The molecule has 2 amide bonds. The number of hydrogen-bond acceptors (Lipinski definition) is 3. The maximum absolute atomic E-state index is 13.2. The Balaban J connectivity index is 1.44. The molecule has 30 heavy (non-hydrogen) atoms. The summed E-state index contributed by atoms with van der Waals surface area (Å²) in [5, 5.41) is 0.476. The van der Waals surface area contributed by atoms with Gasteiger partial charge in [-0.25, -0.2) is 0 Å². The van der Waals surface area contributed by atoms with Gasteiger partial charge in [0.25, 0.3) is 5.91 Å². The SMILES string of the molecule is O=C(c1cncc(Cl)c1)N1C[C@H]2C[C@@H](C1)[C@H](Cc1ccccc1)N1C(=O)CCC[C@@H]21. The number of carbonyl (C=O) groups excluding carboxylic acids is 2. The maximum Gasteiger partial charge on any atom is 0.255 e. The zero-order valence-corrected chi connectivity index (χ0v) is 17.7. The van der Waals surface area contributed by atoms with Crippen molar-refractivity contribution < 1.29 is 9.59 Å². The summed E-state index contributed by atoms with van der Waals surface area (Å²) in [5.74, 6) is 0.920. The monoisotopic (exact) mass is 423 g/mol. The molecule has 0 radical (unpaired) electrons. The first-order chi connectivity index (χ1) is 14.6. The summed E-state index contributed by atoms with van der Waals surface area (Å²) in [6, 6.07) is 12.5. The van der Waals surface area contributed by atoms with Crippen molar-refractivity contribution in [1.82, 2.24) is 14.8 Å². The molecule has 3 saturated heterocycles. The number of aromatic nitrogens is 1. The number of fused-ring (bicyclic) bond motifs is 4. The molecule has 3 aliphatic heterocycles. The maximum atomic E-state index is 13.2. The number of hydrogen-bond donors (Lipinski definition) is 0. The van der Waals surface area contributed by atoms with Crippen LogP contribution in [0.2, 0.25) is 5.02 Å². The third kappa shape index (κ3) is 3.60. The van der Waals surface area contributed by atoms with E-state index >= 15 is 0 Å². The quantitative estimate of drug-likeness (QED) is 0.754. The van der Waals surface area contributed by atoms with Crippen LogP contribution in [0.1, 0.15) is 41.6 Å². The van der Waals surface area contributed by atoms with Crippen LogP contribution in [0.25, 0.3) is 0 Å². The zero-order chi connectivity index (χ0) is 20.7. The highest BCUT2D eigenvalue weighted by Crippen LogP contribution is 2.42. The van der Waals surface area contributed by atoms with Gasteiger partial charge in [-0.2, -0.15) is 0 Å². The molecule has 0 N–H and O–H groups in total. The molecule has 0 unspecified atom stereocenters. The molecule has 3 aliphatic rings. The van der Waals surface area contributed by atoms with Gasteiger partial charge in [-0.1, -0.05) is 41.9 Å². The largest absolute Gasteiger partial charge is 0.338 e. The van der Waals surface area contributed by atoms with Crippen LogP contribution < -0.4 is 0 Å². The van der Waals surface area contributed by atoms with E-state index in [9.17, 15) is 9.59 Å². The molecule has 4 heterocycles. The molecule has 5 nitrogen and oxygen atoms in total. The van der Waals surface area contributed by atoms with E-state index < -0.39 is 0 Å². The number of carbonyl (C=O) groups is 2. The molecule has 0 saturated carbocycles. The summed E-state index contributed by atoms with van der Waals surface area (Å²) in [7, 11) is 0. The molecule has 5 rings (SSSR count). The van der Waals surface area contributed by atoms with Crippen molar-refractivity contribution in [3.8, 4) is 0 Å². The van der Waals surface area contributed by atoms with Crippen molar-refractivity contribution in [3.05, 3.63) is 64.9 Å². The van der Waals surface area contributed by atoms with Gasteiger partial charge in [-0.05, 0) is 49.1 Å². The fourth-order valence-electron chi connectivity index (χ4n) is 5.77. The van der Waals surface area contributed by atoms with E-state index in [1.807, 2.05) is 11.0 Å². The third-order valence-corrected chi connectivity index (χ3v) is 7.23. The van der Waals surface area contributed by atoms with Crippen molar-refractivity contribution in [2.45, 2.75) is 44.2 Å². The van der Waals surface area contributed by atoms with Gasteiger partial charge in [0.1, 0.15) is 0 Å². The van der Waals surface area contributed by atoms with Crippen LogP contribution in [-0.2, 0) is 11.2 Å². The number of halogens is 1. The Bertz CT molecular complexity index is 950. The minimum Gasteiger partial charge on any atom is -0.338 e. The molecule has 156 valence electrons. The first-order valence-corrected chi connectivity index (χ1v) is 11.2. The molecule has 0 spiro atoms. The number of piperidine rings is 3. The number of rotatable bonds is 3. The molecule has 1 aromatic heterocycles. The van der Waals surface area contributed by atoms with E-state index in [1.165, 1.54) is 5.56 Å². The van der Waals surface area contributed by atoms with Gasteiger partial charge in [0.2, 0.25) is 5.91 Å². The minimum atomic E-state index is -0.00579. The van der Waals surface area contributed by atoms with Crippen molar-refractivity contribution in [3.63, 3.8) is 0 Å². The van der Waals surface area contributed by atoms with Gasteiger partial charge in [0.05, 0.1) is 10.6 Å². The predicted molar refractivity (Wildman–Crippen MR) is 115 cm³/mol. The molecular formula is C24H26ClN3O2.